The van der Waals surface area contributed by atoms with Crippen molar-refractivity contribution < 1.29 is 17.9 Å². The molecule has 0 aromatic carbocycles. The predicted octanol–water partition coefficient (Wildman–Crippen LogP) is 3.22. The molecular weight excluding hydrogens is 389 g/mol. The SMILES string of the molecule is COc1ncc(Br)cc1CN1CCc2cnc(C(F)(F)F)nc2C1. The van der Waals surface area contributed by atoms with Gasteiger partial charge in [0.1, 0.15) is 0 Å². The third kappa shape index (κ3) is 3.67. The predicted molar refractivity (Wildman–Crippen MR) is 83.3 cm³/mol. The first-order valence-corrected chi connectivity index (χ1v) is 7.99. The number of nitrogens with zero attached hydrogens (tertiary/aromatic N) is 4. The number of hydrogen-bond donors (Lipinski definition) is 0. The number of rotatable bonds is 3. The average molecular weight is 403 g/mol. The molecule has 0 N–H and O–H groups in total. The molecule has 0 spiro atoms. The monoisotopic (exact) mass is 402 g/mol. The van der Waals surface area contributed by atoms with Crippen LogP contribution in [0.1, 0.15) is 22.6 Å². The van der Waals surface area contributed by atoms with Gasteiger partial charge in [0.2, 0.25) is 11.7 Å². The second-order valence-corrected chi connectivity index (χ2v) is 6.36. The standard InChI is InChI=1S/C15H14BrF3N4O/c1-24-13-10(4-11(16)6-20-13)7-23-3-2-9-5-21-14(15(17,18)19)22-12(9)8-23/h4-6H,2-3,7-8H2,1H3. The minimum Gasteiger partial charge on any atom is -0.481 e. The fraction of sp³-hybridized carbons (Fsp3) is 0.400. The minimum absolute atomic E-state index is 0.330. The van der Waals surface area contributed by atoms with Gasteiger partial charge in [-0.3, -0.25) is 4.90 Å². The third-order valence-electron chi connectivity index (χ3n) is 3.76. The topological polar surface area (TPSA) is 51.1 Å². The second-order valence-electron chi connectivity index (χ2n) is 5.45. The van der Waals surface area contributed by atoms with Crippen molar-refractivity contribution in [1.82, 2.24) is 19.9 Å². The highest BCUT2D eigenvalue weighted by Gasteiger charge is 2.35. The molecule has 0 bridgehead atoms. The zero-order valence-corrected chi connectivity index (χ0v) is 14.4. The third-order valence-corrected chi connectivity index (χ3v) is 4.19. The van der Waals surface area contributed by atoms with Crippen LogP contribution < -0.4 is 4.74 Å². The van der Waals surface area contributed by atoms with Crippen molar-refractivity contribution in [3.05, 3.63) is 45.6 Å². The summed E-state index contributed by atoms with van der Waals surface area (Å²) in [5.41, 5.74) is 2.05. The first-order valence-electron chi connectivity index (χ1n) is 7.19. The Morgan fingerprint density at radius 2 is 2.08 bits per heavy atom. The Morgan fingerprint density at radius 3 is 2.79 bits per heavy atom. The van der Waals surface area contributed by atoms with Gasteiger partial charge < -0.3 is 4.74 Å². The van der Waals surface area contributed by atoms with E-state index in [-0.39, 0.29) is 0 Å². The summed E-state index contributed by atoms with van der Waals surface area (Å²) < 4.78 is 44.4. The van der Waals surface area contributed by atoms with Gasteiger partial charge >= 0.3 is 6.18 Å². The molecule has 0 saturated carbocycles. The normalized spacial score (nSPS) is 15.2. The van der Waals surface area contributed by atoms with Crippen LogP contribution in [0, 0.1) is 0 Å². The molecule has 2 aromatic rings. The van der Waals surface area contributed by atoms with Crippen molar-refractivity contribution in [2.24, 2.45) is 0 Å². The van der Waals surface area contributed by atoms with Crippen LogP contribution in [0.5, 0.6) is 5.88 Å². The number of alkyl halides is 3. The summed E-state index contributed by atoms with van der Waals surface area (Å²) in [6.45, 7) is 1.55. The summed E-state index contributed by atoms with van der Waals surface area (Å²) >= 11 is 3.37. The molecular formula is C15H14BrF3N4O. The number of methoxy groups -OCH3 is 1. The Kier molecular flexibility index (Phi) is 4.73. The van der Waals surface area contributed by atoms with Crippen molar-refractivity contribution >= 4 is 15.9 Å². The Labute approximate surface area is 145 Å². The number of aromatic nitrogens is 3. The summed E-state index contributed by atoms with van der Waals surface area (Å²) in [6.07, 6.45) is -1.01. The molecule has 128 valence electrons. The molecule has 0 aliphatic carbocycles. The fourth-order valence-electron chi connectivity index (χ4n) is 2.64. The van der Waals surface area contributed by atoms with E-state index in [4.69, 9.17) is 4.74 Å². The molecule has 1 aliphatic rings. The van der Waals surface area contributed by atoms with Gasteiger partial charge in [-0.25, -0.2) is 15.0 Å². The first kappa shape index (κ1) is 17.1. The van der Waals surface area contributed by atoms with Crippen molar-refractivity contribution in [3.8, 4) is 5.88 Å². The molecule has 5 nitrogen and oxygen atoms in total. The molecule has 9 heteroatoms. The molecule has 3 heterocycles. The lowest BCUT2D eigenvalue weighted by Gasteiger charge is -2.28. The summed E-state index contributed by atoms with van der Waals surface area (Å²) in [7, 11) is 1.54. The van der Waals surface area contributed by atoms with Crippen molar-refractivity contribution in [1.29, 1.82) is 0 Å². The van der Waals surface area contributed by atoms with Crippen LogP contribution in [-0.2, 0) is 25.7 Å². The van der Waals surface area contributed by atoms with E-state index in [1.165, 1.54) is 13.3 Å². The first-order chi connectivity index (χ1) is 11.4. The maximum absolute atomic E-state index is 12.8. The molecule has 2 aromatic heterocycles. The lowest BCUT2D eigenvalue weighted by Crippen LogP contribution is -2.32. The Hall–Kier alpha value is -1.74. The molecule has 1 aliphatic heterocycles. The van der Waals surface area contributed by atoms with Crippen LogP contribution in [0.2, 0.25) is 0 Å². The maximum atomic E-state index is 12.8. The van der Waals surface area contributed by atoms with E-state index in [1.54, 1.807) is 6.20 Å². The lowest BCUT2D eigenvalue weighted by molar-refractivity contribution is -0.145. The number of pyridine rings is 1. The number of fused-ring (bicyclic) bond motifs is 1. The summed E-state index contributed by atoms with van der Waals surface area (Å²) in [5.74, 6) is -0.590. The number of hydrogen-bond acceptors (Lipinski definition) is 5. The molecule has 0 fully saturated rings. The van der Waals surface area contributed by atoms with Crippen LogP contribution in [0.4, 0.5) is 13.2 Å². The minimum atomic E-state index is -4.53. The van der Waals surface area contributed by atoms with Crippen LogP contribution in [0.15, 0.2) is 22.9 Å². The highest BCUT2D eigenvalue weighted by molar-refractivity contribution is 9.10. The van der Waals surface area contributed by atoms with E-state index in [0.717, 1.165) is 15.6 Å². The lowest BCUT2D eigenvalue weighted by atomic mass is 10.1. The Morgan fingerprint density at radius 1 is 1.29 bits per heavy atom. The molecule has 0 saturated heterocycles. The van der Waals surface area contributed by atoms with E-state index in [0.29, 0.717) is 37.6 Å². The van der Waals surface area contributed by atoms with Crippen molar-refractivity contribution in [2.45, 2.75) is 25.7 Å². The highest BCUT2D eigenvalue weighted by Crippen LogP contribution is 2.29. The van der Waals surface area contributed by atoms with E-state index >= 15 is 0 Å². The fourth-order valence-corrected chi connectivity index (χ4v) is 3.01. The van der Waals surface area contributed by atoms with Gasteiger partial charge in [0.15, 0.2) is 0 Å². The summed E-state index contributed by atoms with van der Waals surface area (Å²) in [4.78, 5) is 13.3. The zero-order valence-electron chi connectivity index (χ0n) is 12.8. The summed E-state index contributed by atoms with van der Waals surface area (Å²) in [5, 5.41) is 0. The second kappa shape index (κ2) is 6.64. The molecule has 24 heavy (non-hydrogen) atoms. The van der Waals surface area contributed by atoms with Gasteiger partial charge in [-0.15, -0.1) is 0 Å². The zero-order chi connectivity index (χ0) is 17.3. The van der Waals surface area contributed by atoms with Crippen molar-refractivity contribution in [3.63, 3.8) is 0 Å². The molecule has 0 amide bonds. The molecule has 3 rings (SSSR count). The van der Waals surface area contributed by atoms with Crippen LogP contribution in [0.25, 0.3) is 0 Å². The molecule has 0 radical (unpaired) electrons. The van der Waals surface area contributed by atoms with Gasteiger partial charge in [-0.1, -0.05) is 0 Å². The number of halogens is 4. The van der Waals surface area contributed by atoms with Gasteiger partial charge in [0, 0.05) is 42.1 Å². The Bertz CT molecular complexity index is 754. The maximum Gasteiger partial charge on any atom is 0.451 e. The molecule has 0 unspecified atom stereocenters. The largest absolute Gasteiger partial charge is 0.481 e. The smallest absolute Gasteiger partial charge is 0.451 e. The summed E-state index contributed by atoms with van der Waals surface area (Å²) in [6, 6.07) is 1.89. The average Bonchev–Trinajstić information content (AvgIpc) is 2.53. The van der Waals surface area contributed by atoms with Crippen molar-refractivity contribution in [2.75, 3.05) is 13.7 Å². The number of ether oxygens (including phenoxy) is 1. The van der Waals surface area contributed by atoms with Gasteiger partial charge in [0.25, 0.3) is 0 Å². The van der Waals surface area contributed by atoms with E-state index in [9.17, 15) is 13.2 Å². The van der Waals surface area contributed by atoms with Crippen LogP contribution >= 0.6 is 15.9 Å². The highest BCUT2D eigenvalue weighted by atomic mass is 79.9. The van der Waals surface area contributed by atoms with Gasteiger partial charge in [-0.2, -0.15) is 13.2 Å². The van der Waals surface area contributed by atoms with Crippen LogP contribution in [-0.4, -0.2) is 33.5 Å². The quantitative estimate of drug-likeness (QED) is 0.788. The van der Waals surface area contributed by atoms with E-state index in [1.807, 2.05) is 11.0 Å². The van der Waals surface area contributed by atoms with Gasteiger partial charge in [-0.05, 0) is 34.0 Å². The van der Waals surface area contributed by atoms with E-state index < -0.39 is 12.0 Å². The van der Waals surface area contributed by atoms with E-state index in [2.05, 4.69) is 30.9 Å². The molecule has 0 atom stereocenters. The Balaban J connectivity index is 1.81. The van der Waals surface area contributed by atoms with Gasteiger partial charge in [0.05, 0.1) is 12.8 Å². The van der Waals surface area contributed by atoms with Crippen LogP contribution in [0.3, 0.4) is 0 Å².